The van der Waals surface area contributed by atoms with Crippen LogP contribution in [0.1, 0.15) is 24.7 Å². The van der Waals surface area contributed by atoms with Crippen LogP contribution in [-0.2, 0) is 0 Å². The Labute approximate surface area is 161 Å². The first-order valence-corrected chi connectivity index (χ1v) is 9.48. The van der Waals surface area contributed by atoms with E-state index in [4.69, 9.17) is 5.73 Å². The number of anilines is 1. The molecule has 0 aliphatic carbocycles. The minimum absolute atomic E-state index is 0.207. The fraction of sp³-hybridized carbons (Fsp3) is 0.350. The molecular formula is C20H22FN7. The number of halogens is 1. The average molecular weight is 379 g/mol. The van der Waals surface area contributed by atoms with E-state index in [0.717, 1.165) is 53.8 Å². The number of imidazole rings is 1. The second kappa shape index (κ2) is 6.27. The smallest absolute Gasteiger partial charge is 0.221 e. The molecule has 0 radical (unpaired) electrons. The third-order valence-electron chi connectivity index (χ3n) is 5.74. The lowest BCUT2D eigenvalue weighted by Crippen LogP contribution is -2.31. The van der Waals surface area contributed by atoms with Gasteiger partial charge in [0, 0.05) is 29.4 Å². The van der Waals surface area contributed by atoms with Gasteiger partial charge in [-0.2, -0.15) is 4.98 Å². The van der Waals surface area contributed by atoms with Gasteiger partial charge in [-0.15, -0.1) is 0 Å². The van der Waals surface area contributed by atoms with Crippen LogP contribution >= 0.6 is 0 Å². The number of rotatable bonds is 2. The van der Waals surface area contributed by atoms with Gasteiger partial charge in [0.15, 0.2) is 5.82 Å². The largest absolute Gasteiger partial charge is 0.368 e. The number of benzene rings is 1. The van der Waals surface area contributed by atoms with Crippen molar-refractivity contribution in [3.05, 3.63) is 36.2 Å². The molecule has 1 saturated heterocycles. The Bertz CT molecular complexity index is 1180. The van der Waals surface area contributed by atoms with Crippen LogP contribution < -0.4 is 5.73 Å². The van der Waals surface area contributed by atoms with Gasteiger partial charge >= 0.3 is 0 Å². The predicted molar refractivity (Wildman–Crippen MR) is 107 cm³/mol. The molecule has 3 aromatic heterocycles. The molecule has 3 N–H and O–H groups in total. The molecule has 1 aliphatic rings. The first kappa shape index (κ1) is 17.1. The fourth-order valence-electron chi connectivity index (χ4n) is 4.30. The number of aromatic nitrogens is 5. The van der Waals surface area contributed by atoms with E-state index in [2.05, 4.69) is 36.5 Å². The van der Waals surface area contributed by atoms with Crippen molar-refractivity contribution in [3.63, 3.8) is 0 Å². The zero-order chi connectivity index (χ0) is 19.4. The van der Waals surface area contributed by atoms with Crippen LogP contribution in [0.5, 0.6) is 0 Å². The van der Waals surface area contributed by atoms with E-state index in [1.165, 1.54) is 6.07 Å². The highest BCUT2D eigenvalue weighted by Gasteiger charge is 2.24. The van der Waals surface area contributed by atoms with Gasteiger partial charge in [0.05, 0.1) is 5.52 Å². The summed E-state index contributed by atoms with van der Waals surface area (Å²) in [7, 11) is 2.14. The first-order valence-electron chi connectivity index (χ1n) is 9.48. The summed E-state index contributed by atoms with van der Waals surface area (Å²) in [5.74, 6) is 0.752. The molecular weight excluding hydrogens is 357 g/mol. The zero-order valence-electron chi connectivity index (χ0n) is 15.9. The third kappa shape index (κ3) is 2.63. The van der Waals surface area contributed by atoms with Crippen molar-refractivity contribution in [1.29, 1.82) is 0 Å². The van der Waals surface area contributed by atoms with Crippen molar-refractivity contribution < 1.29 is 4.39 Å². The fourth-order valence-corrected chi connectivity index (χ4v) is 4.30. The number of hydrogen-bond donors (Lipinski definition) is 2. The molecule has 4 heterocycles. The molecule has 144 valence electrons. The lowest BCUT2D eigenvalue weighted by molar-refractivity contribution is 0.222. The van der Waals surface area contributed by atoms with Crippen molar-refractivity contribution >= 4 is 28.0 Å². The van der Waals surface area contributed by atoms with Crippen LogP contribution in [-0.4, -0.2) is 49.5 Å². The van der Waals surface area contributed by atoms with E-state index < -0.39 is 0 Å². The molecule has 0 amide bonds. The Kier molecular flexibility index (Phi) is 3.83. The van der Waals surface area contributed by atoms with Crippen LogP contribution in [0.15, 0.2) is 24.5 Å². The molecule has 0 saturated carbocycles. The van der Waals surface area contributed by atoms with Crippen LogP contribution in [0.3, 0.4) is 0 Å². The molecule has 0 bridgehead atoms. The predicted octanol–water partition coefficient (Wildman–Crippen LogP) is 3.27. The van der Waals surface area contributed by atoms with E-state index in [9.17, 15) is 4.39 Å². The standard InChI is InChI=1S/C20H22FN7/c1-11-25-18-16(21)7-12(14-9-23-19-15(14)10-24-20(22)26-19)8-17(18)28(11)13-3-5-27(2)6-4-13/h7-10,13H,3-6H2,1-2H3,(H3,22,23,24,26). The van der Waals surface area contributed by atoms with Gasteiger partial charge < -0.3 is 20.2 Å². The number of nitrogen functional groups attached to an aromatic ring is 1. The minimum Gasteiger partial charge on any atom is -0.368 e. The van der Waals surface area contributed by atoms with Crippen LogP contribution in [0.4, 0.5) is 10.3 Å². The minimum atomic E-state index is -0.312. The Hall–Kier alpha value is -3.00. The van der Waals surface area contributed by atoms with E-state index in [1.54, 1.807) is 6.20 Å². The number of aromatic amines is 1. The maximum atomic E-state index is 15.0. The first-order chi connectivity index (χ1) is 13.5. The Balaban J connectivity index is 1.68. The van der Waals surface area contributed by atoms with Gasteiger partial charge in [-0.25, -0.2) is 14.4 Å². The normalized spacial score (nSPS) is 16.4. The number of likely N-dealkylation sites (tertiary alicyclic amines) is 1. The number of piperidine rings is 1. The van der Waals surface area contributed by atoms with Gasteiger partial charge in [-0.05, 0) is 57.6 Å². The zero-order valence-corrected chi connectivity index (χ0v) is 15.9. The van der Waals surface area contributed by atoms with Gasteiger partial charge in [0.1, 0.15) is 17.0 Å². The summed E-state index contributed by atoms with van der Waals surface area (Å²) in [6.07, 6.45) is 5.57. The summed E-state index contributed by atoms with van der Waals surface area (Å²) in [6.45, 7) is 4.03. The average Bonchev–Trinajstić information content (AvgIpc) is 3.23. The molecule has 8 heteroatoms. The molecule has 5 rings (SSSR count). The molecule has 1 aliphatic heterocycles. The lowest BCUT2D eigenvalue weighted by Gasteiger charge is -2.30. The summed E-state index contributed by atoms with van der Waals surface area (Å²) >= 11 is 0. The Morgan fingerprint density at radius 2 is 2.00 bits per heavy atom. The van der Waals surface area contributed by atoms with Gasteiger partial charge in [0.2, 0.25) is 5.95 Å². The maximum absolute atomic E-state index is 15.0. The monoisotopic (exact) mass is 379 g/mol. The van der Waals surface area contributed by atoms with E-state index in [0.29, 0.717) is 17.2 Å². The lowest BCUT2D eigenvalue weighted by atomic mass is 10.0. The SMILES string of the molecule is Cc1nc2c(F)cc(-c3c[nH]c4nc(N)ncc34)cc2n1C1CCN(C)CC1. The molecule has 4 aromatic rings. The number of H-pyrrole nitrogens is 1. The second-order valence-corrected chi connectivity index (χ2v) is 7.58. The number of fused-ring (bicyclic) bond motifs is 2. The number of nitrogens with one attached hydrogen (secondary N) is 1. The Morgan fingerprint density at radius 1 is 1.21 bits per heavy atom. The molecule has 28 heavy (non-hydrogen) atoms. The molecule has 7 nitrogen and oxygen atoms in total. The van der Waals surface area contributed by atoms with Crippen molar-refractivity contribution in [2.45, 2.75) is 25.8 Å². The van der Waals surface area contributed by atoms with E-state index in [-0.39, 0.29) is 11.8 Å². The number of nitrogens with zero attached hydrogens (tertiary/aromatic N) is 5. The quantitative estimate of drug-likeness (QED) is 0.558. The van der Waals surface area contributed by atoms with Crippen molar-refractivity contribution in [2.75, 3.05) is 25.9 Å². The van der Waals surface area contributed by atoms with Crippen molar-refractivity contribution in [2.24, 2.45) is 0 Å². The van der Waals surface area contributed by atoms with Gasteiger partial charge in [-0.1, -0.05) is 0 Å². The summed E-state index contributed by atoms with van der Waals surface area (Å²) in [6, 6.07) is 3.89. The Morgan fingerprint density at radius 3 is 2.79 bits per heavy atom. The van der Waals surface area contributed by atoms with E-state index >= 15 is 0 Å². The highest BCUT2D eigenvalue weighted by molar-refractivity contribution is 5.96. The summed E-state index contributed by atoms with van der Waals surface area (Å²) in [5.41, 5.74) is 9.21. The van der Waals surface area contributed by atoms with Crippen molar-refractivity contribution in [3.8, 4) is 11.1 Å². The topological polar surface area (TPSA) is 88.6 Å². The number of aryl methyl sites for hydroxylation is 1. The molecule has 0 spiro atoms. The molecule has 1 aromatic carbocycles. The van der Waals surface area contributed by atoms with Gasteiger partial charge in [0.25, 0.3) is 0 Å². The summed E-state index contributed by atoms with van der Waals surface area (Å²) < 4.78 is 17.2. The van der Waals surface area contributed by atoms with Crippen LogP contribution in [0.25, 0.3) is 33.2 Å². The molecule has 1 fully saturated rings. The second-order valence-electron chi connectivity index (χ2n) is 7.58. The number of nitrogens with two attached hydrogens (primary N) is 1. The van der Waals surface area contributed by atoms with Gasteiger partial charge in [-0.3, -0.25) is 0 Å². The van der Waals surface area contributed by atoms with Crippen LogP contribution in [0.2, 0.25) is 0 Å². The summed E-state index contributed by atoms with van der Waals surface area (Å²) in [5, 5.41) is 0.815. The third-order valence-corrected chi connectivity index (χ3v) is 5.74. The van der Waals surface area contributed by atoms with Crippen LogP contribution in [0, 0.1) is 12.7 Å². The number of hydrogen-bond acceptors (Lipinski definition) is 5. The maximum Gasteiger partial charge on any atom is 0.221 e. The highest BCUT2D eigenvalue weighted by Crippen LogP contribution is 2.34. The van der Waals surface area contributed by atoms with E-state index in [1.807, 2.05) is 19.2 Å². The molecule has 0 unspecified atom stereocenters. The summed E-state index contributed by atoms with van der Waals surface area (Å²) in [4.78, 5) is 18.2. The van der Waals surface area contributed by atoms with Crippen molar-refractivity contribution in [1.82, 2.24) is 29.4 Å². The molecule has 0 atom stereocenters. The highest BCUT2D eigenvalue weighted by atomic mass is 19.1.